The van der Waals surface area contributed by atoms with Crippen molar-refractivity contribution in [3.05, 3.63) is 48.3 Å². The number of carbonyl (C=O) groups is 1. The lowest BCUT2D eigenvalue weighted by molar-refractivity contribution is -0.125. The predicted molar refractivity (Wildman–Crippen MR) is 60.5 cm³/mol. The number of nitrogens with zero attached hydrogens (tertiary/aromatic N) is 2. The number of hydrogen-bond acceptors (Lipinski definition) is 2. The normalized spacial score (nSPS) is 19.5. The van der Waals surface area contributed by atoms with Crippen molar-refractivity contribution >= 4 is 5.78 Å². The molecule has 0 bridgehead atoms. The molecule has 1 heterocycles. The summed E-state index contributed by atoms with van der Waals surface area (Å²) in [5, 5.41) is 4.16. The van der Waals surface area contributed by atoms with Gasteiger partial charge in [0.2, 0.25) is 0 Å². The molecule has 0 N–H and O–H groups in total. The van der Waals surface area contributed by atoms with Gasteiger partial charge in [-0.25, -0.2) is 4.68 Å². The van der Waals surface area contributed by atoms with Crippen molar-refractivity contribution in [3.8, 4) is 5.69 Å². The highest BCUT2D eigenvalue weighted by Gasteiger charge is 2.29. The molecule has 3 nitrogen and oxygen atoms in total. The monoisotopic (exact) mass is 212 g/mol. The molecule has 3 rings (SSSR count). The van der Waals surface area contributed by atoms with Crippen LogP contribution in [0.15, 0.2) is 42.7 Å². The van der Waals surface area contributed by atoms with Crippen LogP contribution in [0.3, 0.4) is 0 Å². The fourth-order valence-electron chi connectivity index (χ4n) is 2.04. The first-order valence-electron chi connectivity index (χ1n) is 5.47. The predicted octanol–water partition coefficient (Wildman–Crippen LogP) is 2.32. The van der Waals surface area contributed by atoms with Gasteiger partial charge in [-0.3, -0.25) is 4.79 Å². The van der Waals surface area contributed by atoms with Crippen LogP contribution in [0.25, 0.3) is 5.69 Å². The summed E-state index contributed by atoms with van der Waals surface area (Å²) in [5.41, 5.74) is 2.16. The maximum atomic E-state index is 11.3. The van der Waals surface area contributed by atoms with E-state index in [0.29, 0.717) is 5.78 Å². The Morgan fingerprint density at radius 1 is 1.25 bits per heavy atom. The van der Waals surface area contributed by atoms with Crippen LogP contribution in [0.1, 0.15) is 24.3 Å². The van der Waals surface area contributed by atoms with Crippen molar-refractivity contribution in [3.63, 3.8) is 0 Å². The first-order valence-corrected chi connectivity index (χ1v) is 5.47. The highest BCUT2D eigenvalue weighted by Crippen LogP contribution is 2.33. The zero-order chi connectivity index (χ0) is 11.0. The summed E-state index contributed by atoms with van der Waals surface area (Å²) in [6.45, 7) is 0. The Morgan fingerprint density at radius 3 is 2.56 bits per heavy atom. The van der Waals surface area contributed by atoms with Crippen LogP contribution in [-0.4, -0.2) is 15.6 Å². The lowest BCUT2D eigenvalue weighted by atomic mass is 9.79. The molecular formula is C13H12N2O. The number of carbonyl (C=O) groups excluding carboxylic acids is 1. The molecule has 1 aromatic heterocycles. The Bertz CT molecular complexity index is 499. The maximum Gasteiger partial charge on any atom is 0.140 e. The highest BCUT2D eigenvalue weighted by molar-refractivity contribution is 5.91. The van der Waals surface area contributed by atoms with Gasteiger partial charge in [0.1, 0.15) is 5.78 Å². The summed E-state index contributed by atoms with van der Waals surface area (Å²) in [6, 6.07) is 9.96. The van der Waals surface area contributed by atoms with Crippen molar-refractivity contribution in [2.45, 2.75) is 18.8 Å². The smallest absolute Gasteiger partial charge is 0.140 e. The van der Waals surface area contributed by atoms with Crippen molar-refractivity contribution in [1.29, 1.82) is 0 Å². The summed E-state index contributed by atoms with van der Waals surface area (Å²) in [4.78, 5) is 11.3. The van der Waals surface area contributed by atoms with Gasteiger partial charge in [-0.05, 0) is 30.2 Å². The van der Waals surface area contributed by atoms with E-state index in [4.69, 9.17) is 0 Å². The summed E-state index contributed by atoms with van der Waals surface area (Å²) in [7, 11) is 0. The van der Waals surface area contributed by atoms with Gasteiger partial charge < -0.3 is 0 Å². The first kappa shape index (κ1) is 9.33. The number of Topliss-reactive ketones (excluding diaryl/α,β-unsaturated/α-hetero) is 1. The molecule has 1 atom stereocenters. The van der Waals surface area contributed by atoms with Gasteiger partial charge in [0.15, 0.2) is 0 Å². The lowest BCUT2D eigenvalue weighted by Gasteiger charge is -2.24. The van der Waals surface area contributed by atoms with E-state index in [1.165, 1.54) is 0 Å². The average Bonchev–Trinajstić information content (AvgIpc) is 2.82. The Balaban J connectivity index is 1.88. The molecule has 0 saturated heterocycles. The molecule has 1 unspecified atom stereocenters. The van der Waals surface area contributed by atoms with Crippen LogP contribution in [0.2, 0.25) is 0 Å². The number of hydrogen-bond donors (Lipinski definition) is 0. The van der Waals surface area contributed by atoms with Gasteiger partial charge in [-0.1, -0.05) is 12.1 Å². The van der Waals surface area contributed by atoms with E-state index in [1.54, 1.807) is 6.20 Å². The van der Waals surface area contributed by atoms with Crippen LogP contribution < -0.4 is 0 Å². The van der Waals surface area contributed by atoms with Gasteiger partial charge in [0, 0.05) is 24.7 Å². The maximum absolute atomic E-state index is 11.3. The van der Waals surface area contributed by atoms with E-state index < -0.39 is 0 Å². The molecule has 0 radical (unpaired) electrons. The number of benzene rings is 1. The van der Waals surface area contributed by atoms with Crippen molar-refractivity contribution < 1.29 is 4.79 Å². The molecule has 1 aliphatic carbocycles. The molecule has 0 spiro atoms. The van der Waals surface area contributed by atoms with Crippen LogP contribution in [-0.2, 0) is 4.79 Å². The topological polar surface area (TPSA) is 34.9 Å². The molecule has 1 aliphatic rings. The van der Waals surface area contributed by atoms with E-state index >= 15 is 0 Å². The molecule has 0 amide bonds. The molecule has 1 saturated carbocycles. The minimum atomic E-state index is 0.145. The third kappa shape index (κ3) is 1.45. The fourth-order valence-corrected chi connectivity index (χ4v) is 2.04. The summed E-state index contributed by atoms with van der Waals surface area (Å²) in [6.07, 6.45) is 5.40. The van der Waals surface area contributed by atoms with E-state index in [-0.39, 0.29) is 5.92 Å². The van der Waals surface area contributed by atoms with Gasteiger partial charge in [0.05, 0.1) is 5.69 Å². The molecule has 3 heteroatoms. The first-order chi connectivity index (χ1) is 7.84. The second kappa shape index (κ2) is 3.59. The minimum absolute atomic E-state index is 0.145. The standard InChI is InChI=1S/C13H12N2O/c16-13-7-6-12(13)10-2-4-11(5-3-10)15-9-1-8-14-15/h1-5,8-9,12H,6-7H2. The number of aromatic nitrogens is 2. The number of rotatable bonds is 2. The lowest BCUT2D eigenvalue weighted by Crippen LogP contribution is -2.23. The highest BCUT2D eigenvalue weighted by atomic mass is 16.1. The Kier molecular flexibility index (Phi) is 2.10. The molecule has 1 fully saturated rings. The van der Waals surface area contributed by atoms with Gasteiger partial charge >= 0.3 is 0 Å². The summed E-state index contributed by atoms with van der Waals surface area (Å²) >= 11 is 0. The summed E-state index contributed by atoms with van der Waals surface area (Å²) in [5.74, 6) is 0.513. The third-order valence-corrected chi connectivity index (χ3v) is 3.13. The molecular weight excluding hydrogens is 200 g/mol. The van der Waals surface area contributed by atoms with E-state index in [9.17, 15) is 4.79 Å². The summed E-state index contributed by atoms with van der Waals surface area (Å²) < 4.78 is 1.81. The van der Waals surface area contributed by atoms with Crippen LogP contribution in [0.4, 0.5) is 0 Å². The SMILES string of the molecule is O=C1CCC1c1ccc(-n2cccn2)cc1. The Labute approximate surface area is 93.7 Å². The van der Waals surface area contributed by atoms with Gasteiger partial charge in [-0.2, -0.15) is 5.10 Å². The quantitative estimate of drug-likeness (QED) is 0.765. The van der Waals surface area contributed by atoms with Crippen LogP contribution >= 0.6 is 0 Å². The van der Waals surface area contributed by atoms with Crippen molar-refractivity contribution in [1.82, 2.24) is 9.78 Å². The molecule has 1 aromatic carbocycles. The Morgan fingerprint density at radius 2 is 2.06 bits per heavy atom. The second-order valence-electron chi connectivity index (χ2n) is 4.10. The minimum Gasteiger partial charge on any atom is -0.299 e. The van der Waals surface area contributed by atoms with Gasteiger partial charge in [-0.15, -0.1) is 0 Å². The third-order valence-electron chi connectivity index (χ3n) is 3.13. The van der Waals surface area contributed by atoms with E-state index in [1.807, 2.05) is 41.2 Å². The molecule has 16 heavy (non-hydrogen) atoms. The van der Waals surface area contributed by atoms with Crippen LogP contribution in [0, 0.1) is 0 Å². The van der Waals surface area contributed by atoms with Crippen LogP contribution in [0.5, 0.6) is 0 Å². The molecule has 0 aliphatic heterocycles. The van der Waals surface area contributed by atoms with Crippen molar-refractivity contribution in [2.75, 3.05) is 0 Å². The Hall–Kier alpha value is -1.90. The fraction of sp³-hybridized carbons (Fsp3) is 0.231. The zero-order valence-electron chi connectivity index (χ0n) is 8.84. The molecule has 80 valence electrons. The second-order valence-corrected chi connectivity index (χ2v) is 4.10. The van der Waals surface area contributed by atoms with E-state index in [2.05, 4.69) is 5.10 Å². The van der Waals surface area contributed by atoms with Gasteiger partial charge in [0.25, 0.3) is 0 Å². The largest absolute Gasteiger partial charge is 0.299 e. The molecule has 2 aromatic rings. The number of ketones is 1. The zero-order valence-corrected chi connectivity index (χ0v) is 8.84. The van der Waals surface area contributed by atoms with Crippen molar-refractivity contribution in [2.24, 2.45) is 0 Å². The van der Waals surface area contributed by atoms with E-state index in [0.717, 1.165) is 24.1 Å². The average molecular weight is 212 g/mol.